The Labute approximate surface area is 329 Å². The molecule has 0 aromatic heterocycles. The van der Waals surface area contributed by atoms with E-state index in [9.17, 15) is 63.3 Å². The predicted molar refractivity (Wildman–Crippen MR) is 200 cm³/mol. The summed E-state index contributed by atoms with van der Waals surface area (Å²) in [7, 11) is -0.932. The minimum absolute atomic E-state index is 0.0279. The molecule has 22 nitrogen and oxygen atoms in total. The Hall–Kier alpha value is -2.98. The highest BCUT2D eigenvalue weighted by atomic mass is 32.2. The van der Waals surface area contributed by atoms with Crippen LogP contribution in [0.2, 0.25) is 0 Å². The van der Waals surface area contributed by atoms with Gasteiger partial charge in [-0.25, -0.2) is 13.7 Å². The molecular formula is C30H54N6O16S3. The number of aliphatic hydroxyl groups excluding tert-OH is 4. The van der Waals surface area contributed by atoms with Gasteiger partial charge in [-0.15, -0.1) is 23.5 Å². The normalized spacial score (nSPS) is 15.0. The zero-order valence-electron chi connectivity index (χ0n) is 30.6. The number of amides is 4. The number of aliphatic carboxylic acids is 2. The van der Waals surface area contributed by atoms with E-state index in [0.717, 1.165) is 23.5 Å². The smallest absolute Gasteiger partial charge is 0.327 e. The molecular weight excluding hydrogens is 797 g/mol. The number of hydrogen-bond donors (Lipinski definition) is 12. The van der Waals surface area contributed by atoms with E-state index in [1.165, 1.54) is 14.0 Å². The SMILES string of the molecule is CNC(CSCC(=O)NCCNS(=O)[C@H](O)[C@@H](O)[C@@H](O)[C@H](O)C(=O)NCCNC(=O)CSCC(NC(=O)CCOCCCOCCC(C)=O)C(=O)O)C(=O)O. The second kappa shape index (κ2) is 31.1. The van der Waals surface area contributed by atoms with Crippen molar-refractivity contribution in [3.05, 3.63) is 0 Å². The molecule has 0 heterocycles. The lowest BCUT2D eigenvalue weighted by Crippen LogP contribution is -2.53. The predicted octanol–water partition coefficient (Wildman–Crippen LogP) is -5.51. The molecule has 0 aliphatic rings. The zero-order chi connectivity index (χ0) is 41.8. The first-order valence-electron chi connectivity index (χ1n) is 16.9. The largest absolute Gasteiger partial charge is 0.480 e. The molecule has 55 heavy (non-hydrogen) atoms. The average molecular weight is 851 g/mol. The molecule has 12 N–H and O–H groups in total. The molecule has 25 heteroatoms. The fraction of sp³-hybridized carbons (Fsp3) is 0.767. The van der Waals surface area contributed by atoms with Crippen molar-refractivity contribution in [2.24, 2.45) is 0 Å². The molecule has 3 unspecified atom stereocenters. The first-order valence-corrected chi connectivity index (χ1v) is 20.4. The number of carbonyl (C=O) groups excluding carboxylic acids is 5. The molecule has 0 saturated heterocycles. The number of likely N-dealkylation sites (N-methyl/N-ethyl adjacent to an activating group) is 1. The minimum atomic E-state index is -2.40. The molecule has 318 valence electrons. The summed E-state index contributed by atoms with van der Waals surface area (Å²) in [5.74, 6) is -5.31. The third-order valence-corrected chi connectivity index (χ3v) is 10.1. The van der Waals surface area contributed by atoms with Crippen LogP contribution in [-0.4, -0.2) is 195 Å². The molecule has 0 bridgehead atoms. The quantitative estimate of drug-likeness (QED) is 0.0269. The number of ether oxygens (including phenoxy) is 2. The van der Waals surface area contributed by atoms with E-state index in [4.69, 9.17) is 14.6 Å². The number of nitrogens with one attached hydrogen (secondary N) is 6. The number of aliphatic hydroxyl groups is 4. The number of carbonyl (C=O) groups is 7. The van der Waals surface area contributed by atoms with Crippen LogP contribution in [0.1, 0.15) is 26.2 Å². The maximum absolute atomic E-state index is 12.3. The Morgan fingerprint density at radius 3 is 1.71 bits per heavy atom. The van der Waals surface area contributed by atoms with Crippen molar-refractivity contribution < 1.29 is 77.9 Å². The lowest BCUT2D eigenvalue weighted by atomic mass is 10.1. The summed E-state index contributed by atoms with van der Waals surface area (Å²) in [6.45, 7) is 1.95. The summed E-state index contributed by atoms with van der Waals surface area (Å²) < 4.78 is 25.1. The Balaban J connectivity index is 4.28. The van der Waals surface area contributed by atoms with E-state index in [0.29, 0.717) is 32.7 Å². The van der Waals surface area contributed by atoms with Crippen LogP contribution in [0.5, 0.6) is 0 Å². The minimum Gasteiger partial charge on any atom is -0.480 e. The van der Waals surface area contributed by atoms with E-state index in [-0.39, 0.29) is 68.0 Å². The van der Waals surface area contributed by atoms with Gasteiger partial charge in [0, 0.05) is 63.7 Å². The van der Waals surface area contributed by atoms with Gasteiger partial charge < -0.3 is 66.7 Å². The van der Waals surface area contributed by atoms with E-state index in [2.05, 4.69) is 31.3 Å². The first kappa shape index (κ1) is 52.0. The van der Waals surface area contributed by atoms with Crippen LogP contribution in [0.15, 0.2) is 0 Å². The van der Waals surface area contributed by atoms with Gasteiger partial charge >= 0.3 is 11.9 Å². The highest BCUT2D eigenvalue weighted by Crippen LogP contribution is 2.08. The van der Waals surface area contributed by atoms with Gasteiger partial charge in [0.15, 0.2) is 11.5 Å². The second-order valence-electron chi connectivity index (χ2n) is 11.4. The zero-order valence-corrected chi connectivity index (χ0v) is 33.0. The van der Waals surface area contributed by atoms with Crippen LogP contribution in [0, 0.1) is 0 Å². The Morgan fingerprint density at radius 2 is 1.18 bits per heavy atom. The maximum Gasteiger partial charge on any atom is 0.327 e. The van der Waals surface area contributed by atoms with Crippen molar-refractivity contribution >= 4 is 75.9 Å². The summed E-state index contributed by atoms with van der Waals surface area (Å²) >= 11 is 2.00. The van der Waals surface area contributed by atoms with Gasteiger partial charge in [0.2, 0.25) is 17.7 Å². The van der Waals surface area contributed by atoms with Crippen molar-refractivity contribution in [1.82, 2.24) is 31.3 Å². The number of ketones is 1. The van der Waals surface area contributed by atoms with Crippen LogP contribution in [0.3, 0.4) is 0 Å². The fourth-order valence-corrected chi connectivity index (χ4v) is 6.48. The molecule has 0 aromatic rings. The molecule has 0 aliphatic carbocycles. The van der Waals surface area contributed by atoms with Crippen molar-refractivity contribution in [2.75, 3.05) is 82.7 Å². The molecule has 7 atom stereocenters. The number of rotatable bonds is 34. The number of carboxylic acid groups (broad SMARTS) is 2. The Morgan fingerprint density at radius 1 is 0.673 bits per heavy atom. The van der Waals surface area contributed by atoms with Gasteiger partial charge in [0.05, 0.1) is 24.7 Å². The number of Topliss-reactive ketones (excluding diaryl/α,β-unsaturated/α-hetero) is 1. The Bertz CT molecular complexity index is 1240. The molecule has 0 aromatic carbocycles. The molecule has 0 spiro atoms. The summed E-state index contributed by atoms with van der Waals surface area (Å²) in [6.07, 6.45) is -6.00. The summed E-state index contributed by atoms with van der Waals surface area (Å²) in [5.41, 5.74) is -2.16. The van der Waals surface area contributed by atoms with E-state index >= 15 is 0 Å². The number of hydrogen-bond acceptors (Lipinski definition) is 17. The lowest BCUT2D eigenvalue weighted by molar-refractivity contribution is -0.143. The van der Waals surface area contributed by atoms with Crippen LogP contribution in [-0.2, 0) is 54.0 Å². The van der Waals surface area contributed by atoms with Gasteiger partial charge in [-0.3, -0.25) is 28.8 Å². The van der Waals surface area contributed by atoms with Crippen LogP contribution < -0.4 is 31.3 Å². The summed E-state index contributed by atoms with van der Waals surface area (Å²) in [5, 5.41) is 70.9. The fourth-order valence-electron chi connectivity index (χ4n) is 3.78. The van der Waals surface area contributed by atoms with Gasteiger partial charge in [-0.1, -0.05) is 0 Å². The summed E-state index contributed by atoms with van der Waals surface area (Å²) in [4.78, 5) is 81.6. The van der Waals surface area contributed by atoms with Crippen molar-refractivity contribution in [1.29, 1.82) is 0 Å². The van der Waals surface area contributed by atoms with Gasteiger partial charge in [0.25, 0.3) is 5.91 Å². The number of thioether (sulfide) groups is 2. The third kappa shape index (κ3) is 25.7. The van der Waals surface area contributed by atoms with Gasteiger partial charge in [0.1, 0.15) is 41.1 Å². The lowest BCUT2D eigenvalue weighted by Gasteiger charge is -2.25. The van der Waals surface area contributed by atoms with E-state index in [1.54, 1.807) is 0 Å². The monoisotopic (exact) mass is 850 g/mol. The Kier molecular flexibility index (Phi) is 29.5. The highest BCUT2D eigenvalue weighted by Gasteiger charge is 2.37. The van der Waals surface area contributed by atoms with Crippen molar-refractivity contribution in [3.8, 4) is 0 Å². The van der Waals surface area contributed by atoms with Gasteiger partial charge in [-0.2, -0.15) is 0 Å². The average Bonchev–Trinajstić information content (AvgIpc) is 3.13. The van der Waals surface area contributed by atoms with Crippen molar-refractivity contribution in [3.63, 3.8) is 0 Å². The topological polar surface area (TPSA) is 349 Å². The molecule has 0 saturated carbocycles. The summed E-state index contributed by atoms with van der Waals surface area (Å²) in [6, 6.07) is -2.11. The first-order chi connectivity index (χ1) is 26.0. The van der Waals surface area contributed by atoms with Crippen LogP contribution >= 0.6 is 23.5 Å². The number of carboxylic acids is 2. The van der Waals surface area contributed by atoms with E-state index < -0.39 is 82.4 Å². The van der Waals surface area contributed by atoms with Gasteiger partial charge in [-0.05, 0) is 20.4 Å². The van der Waals surface area contributed by atoms with Crippen LogP contribution in [0.25, 0.3) is 0 Å². The standard InChI is InChI=1S/C30H54N6O16S3/c1-18(37)4-12-51-10-3-11-52-13-5-21(38)36-20(29(47)48)15-54-17-22(39)32-6-7-34-27(44)25(42)24(41)26(43)30(49)55(50)35-9-8-33-23(40)16-53-14-19(31-2)28(45)46/h19-20,24-26,30-31,35,41-43,49H,3-17H2,1-2H3,(H,32,39)(H,33,40)(H,34,44)(H,36,38)(H,45,46)(H,47,48)/t19?,20?,24-,25-,26-,30-,55?/m0/s1. The molecule has 0 aliphatic heterocycles. The van der Waals surface area contributed by atoms with E-state index in [1.807, 2.05) is 0 Å². The molecule has 0 fully saturated rings. The third-order valence-electron chi connectivity index (χ3n) is 6.86. The molecule has 4 amide bonds. The maximum atomic E-state index is 12.3. The second-order valence-corrected chi connectivity index (χ2v) is 14.9. The van der Waals surface area contributed by atoms with Crippen molar-refractivity contribution in [2.45, 2.75) is 62.0 Å². The highest BCUT2D eigenvalue weighted by molar-refractivity contribution is 8.00. The molecule has 0 rings (SSSR count). The molecule has 0 radical (unpaired) electrons. The van der Waals surface area contributed by atoms with Crippen LogP contribution in [0.4, 0.5) is 0 Å².